The number of hydrogen-bond donors (Lipinski definition) is 0. The van der Waals surface area contributed by atoms with Gasteiger partial charge in [-0.2, -0.15) is 5.26 Å². The van der Waals surface area contributed by atoms with E-state index in [1.54, 1.807) is 0 Å². The molecule has 6 heteroatoms. The first kappa shape index (κ1) is 20.8. The van der Waals surface area contributed by atoms with Crippen LogP contribution in [0.5, 0.6) is 0 Å². The molecule has 1 heterocycles. The molecule has 0 saturated carbocycles. The molecule has 0 bridgehead atoms. The average Bonchev–Trinajstić information content (AvgIpc) is 2.69. The van der Waals surface area contributed by atoms with Crippen LogP contribution in [0.15, 0.2) is 24.3 Å². The third-order valence-corrected chi connectivity index (χ3v) is 5.68. The van der Waals surface area contributed by atoms with Crippen LogP contribution in [0.1, 0.15) is 45.5 Å². The summed E-state index contributed by atoms with van der Waals surface area (Å²) in [5.74, 6) is -1.40. The third kappa shape index (κ3) is 4.40. The molecule has 1 fully saturated rings. The van der Waals surface area contributed by atoms with Crippen LogP contribution >= 0.6 is 0 Å². The van der Waals surface area contributed by atoms with Crippen LogP contribution in [0.4, 0.5) is 14.5 Å². The smallest absolute Gasteiger partial charge is 0.338 e. The van der Waals surface area contributed by atoms with Crippen molar-refractivity contribution in [2.24, 2.45) is 5.92 Å². The quantitative estimate of drug-likeness (QED) is 0.701. The second-order valence-corrected chi connectivity index (χ2v) is 7.62. The molecule has 0 amide bonds. The van der Waals surface area contributed by atoms with E-state index in [1.165, 1.54) is 7.11 Å². The fraction of sp³-hybridized carbons (Fsp3) is 0.391. The molecule has 152 valence electrons. The number of methoxy groups -OCH3 is 1. The van der Waals surface area contributed by atoms with E-state index < -0.39 is 11.6 Å². The van der Waals surface area contributed by atoms with Crippen LogP contribution in [-0.2, 0) is 11.2 Å². The lowest BCUT2D eigenvalue weighted by atomic mass is 9.87. The Kier molecular flexibility index (Phi) is 6.17. The Morgan fingerprint density at radius 1 is 1.17 bits per heavy atom. The van der Waals surface area contributed by atoms with Gasteiger partial charge in [-0.25, -0.2) is 13.6 Å². The van der Waals surface area contributed by atoms with Crippen molar-refractivity contribution in [1.82, 2.24) is 0 Å². The highest BCUT2D eigenvalue weighted by Gasteiger charge is 2.25. The summed E-state index contributed by atoms with van der Waals surface area (Å²) in [6.45, 7) is 5.12. The highest BCUT2D eigenvalue weighted by molar-refractivity contribution is 5.91. The van der Waals surface area contributed by atoms with Crippen LogP contribution in [0, 0.1) is 42.7 Å². The minimum Gasteiger partial charge on any atom is -0.465 e. The largest absolute Gasteiger partial charge is 0.465 e. The Hall–Kier alpha value is -2.94. The summed E-state index contributed by atoms with van der Waals surface area (Å²) in [6.07, 6.45) is 2.46. The number of benzene rings is 2. The molecule has 0 atom stereocenters. The van der Waals surface area contributed by atoms with Crippen LogP contribution in [0.2, 0.25) is 0 Å². The number of piperidine rings is 1. The second-order valence-electron chi connectivity index (χ2n) is 7.62. The molecule has 29 heavy (non-hydrogen) atoms. The van der Waals surface area contributed by atoms with Gasteiger partial charge in [0.15, 0.2) is 5.82 Å². The molecule has 1 aliphatic rings. The number of ether oxygens (including phenoxy) is 1. The number of halogens is 2. The van der Waals surface area contributed by atoms with Crippen LogP contribution in [0.25, 0.3) is 0 Å². The molecule has 0 aromatic heterocycles. The van der Waals surface area contributed by atoms with Crippen molar-refractivity contribution in [2.75, 3.05) is 25.1 Å². The van der Waals surface area contributed by atoms with Gasteiger partial charge in [0.25, 0.3) is 0 Å². The average molecular weight is 398 g/mol. The number of rotatable bonds is 4. The zero-order chi connectivity index (χ0) is 21.1. The first-order chi connectivity index (χ1) is 13.8. The molecule has 2 aromatic carbocycles. The normalized spacial score (nSPS) is 14.6. The maximum Gasteiger partial charge on any atom is 0.338 e. The van der Waals surface area contributed by atoms with Gasteiger partial charge >= 0.3 is 5.97 Å². The van der Waals surface area contributed by atoms with Crippen molar-refractivity contribution in [1.29, 1.82) is 5.26 Å². The van der Waals surface area contributed by atoms with Crippen molar-refractivity contribution < 1.29 is 18.3 Å². The molecule has 3 rings (SSSR count). The molecule has 1 saturated heterocycles. The number of hydrogen-bond acceptors (Lipinski definition) is 4. The van der Waals surface area contributed by atoms with E-state index in [-0.39, 0.29) is 17.2 Å². The number of carbonyl (C=O) groups is 1. The Balaban J connectivity index is 1.73. The summed E-state index contributed by atoms with van der Waals surface area (Å²) in [6, 6.07) is 7.72. The summed E-state index contributed by atoms with van der Waals surface area (Å²) in [4.78, 5) is 13.8. The van der Waals surface area contributed by atoms with Crippen molar-refractivity contribution in [2.45, 2.75) is 33.1 Å². The monoisotopic (exact) mass is 398 g/mol. The van der Waals surface area contributed by atoms with Crippen LogP contribution < -0.4 is 4.90 Å². The van der Waals surface area contributed by atoms with Gasteiger partial charge in [-0.3, -0.25) is 0 Å². The highest BCUT2D eigenvalue weighted by Crippen LogP contribution is 2.31. The third-order valence-electron chi connectivity index (χ3n) is 5.68. The summed E-state index contributed by atoms with van der Waals surface area (Å²) >= 11 is 0. The Labute approximate surface area is 169 Å². The van der Waals surface area contributed by atoms with Gasteiger partial charge in [-0.1, -0.05) is 6.07 Å². The standard InChI is InChI=1S/C23H24F2N2O2/c1-14-8-15(2)20(23(28)29-3)11-17(14)9-16-4-6-27(7-5-16)22-18(13-26)10-19(24)12-21(22)25/h8,10-12,16H,4-7,9H2,1-3H3. The minimum absolute atomic E-state index is 0.0260. The maximum absolute atomic E-state index is 14.3. The zero-order valence-corrected chi connectivity index (χ0v) is 16.9. The molecule has 2 aromatic rings. The predicted molar refractivity (Wildman–Crippen MR) is 107 cm³/mol. The van der Waals surface area contributed by atoms with E-state index in [1.807, 2.05) is 36.9 Å². The number of nitrogens with zero attached hydrogens (tertiary/aromatic N) is 2. The van der Waals surface area contributed by atoms with E-state index in [2.05, 4.69) is 0 Å². The molecule has 0 radical (unpaired) electrons. The first-order valence-electron chi connectivity index (χ1n) is 9.66. The SMILES string of the molecule is COC(=O)c1cc(CC2CCN(c3c(F)cc(F)cc3C#N)CC2)c(C)cc1C. The molecule has 0 N–H and O–H groups in total. The van der Waals surface area contributed by atoms with Gasteiger partial charge in [0.2, 0.25) is 0 Å². The van der Waals surface area contributed by atoms with Gasteiger partial charge in [0.05, 0.1) is 23.9 Å². The lowest BCUT2D eigenvalue weighted by Crippen LogP contribution is -2.35. The fourth-order valence-corrected chi connectivity index (χ4v) is 4.09. The molecule has 4 nitrogen and oxygen atoms in total. The van der Waals surface area contributed by atoms with Crippen molar-refractivity contribution >= 4 is 11.7 Å². The number of nitriles is 1. The molecule has 1 aliphatic heterocycles. The molecule has 0 unspecified atom stereocenters. The van der Waals surface area contributed by atoms with Gasteiger partial charge in [0, 0.05) is 19.2 Å². The summed E-state index contributed by atoms with van der Waals surface area (Å²) in [7, 11) is 1.38. The van der Waals surface area contributed by atoms with Crippen molar-refractivity contribution in [3.8, 4) is 6.07 Å². The molecule has 0 spiro atoms. The molecular formula is C23H24F2N2O2. The summed E-state index contributed by atoms with van der Waals surface area (Å²) in [5, 5.41) is 9.24. The van der Waals surface area contributed by atoms with E-state index in [0.717, 1.165) is 48.1 Å². The molecule has 0 aliphatic carbocycles. The van der Waals surface area contributed by atoms with Gasteiger partial charge in [-0.05, 0) is 67.9 Å². The first-order valence-corrected chi connectivity index (χ1v) is 9.66. The van der Waals surface area contributed by atoms with Crippen molar-refractivity contribution in [3.05, 3.63) is 63.7 Å². The number of aryl methyl sites for hydroxylation is 2. The minimum atomic E-state index is -0.742. The van der Waals surface area contributed by atoms with E-state index in [0.29, 0.717) is 24.6 Å². The Morgan fingerprint density at radius 2 is 1.86 bits per heavy atom. The van der Waals surface area contributed by atoms with Crippen LogP contribution in [0.3, 0.4) is 0 Å². The van der Waals surface area contributed by atoms with E-state index in [4.69, 9.17) is 4.74 Å². The maximum atomic E-state index is 14.3. The highest BCUT2D eigenvalue weighted by atomic mass is 19.1. The lowest BCUT2D eigenvalue weighted by Gasteiger charge is -2.34. The summed E-state index contributed by atoms with van der Waals surface area (Å²) < 4.78 is 32.6. The number of carbonyl (C=O) groups excluding carboxylic acids is 1. The fourth-order valence-electron chi connectivity index (χ4n) is 4.09. The molecular weight excluding hydrogens is 374 g/mol. The van der Waals surface area contributed by atoms with Crippen LogP contribution in [-0.4, -0.2) is 26.2 Å². The Morgan fingerprint density at radius 3 is 2.48 bits per heavy atom. The Bertz CT molecular complexity index is 974. The zero-order valence-electron chi connectivity index (χ0n) is 16.9. The van der Waals surface area contributed by atoms with Gasteiger partial charge in [-0.15, -0.1) is 0 Å². The number of anilines is 1. The predicted octanol–water partition coefficient (Wildman–Crippen LogP) is 4.70. The van der Waals surface area contributed by atoms with Gasteiger partial charge < -0.3 is 9.64 Å². The second kappa shape index (κ2) is 8.60. The van der Waals surface area contributed by atoms with E-state index >= 15 is 0 Å². The van der Waals surface area contributed by atoms with Crippen molar-refractivity contribution in [3.63, 3.8) is 0 Å². The number of esters is 1. The summed E-state index contributed by atoms with van der Waals surface area (Å²) in [5.41, 5.74) is 3.93. The van der Waals surface area contributed by atoms with E-state index in [9.17, 15) is 18.8 Å². The lowest BCUT2D eigenvalue weighted by molar-refractivity contribution is 0.0599. The van der Waals surface area contributed by atoms with Gasteiger partial charge in [0.1, 0.15) is 11.9 Å². The topological polar surface area (TPSA) is 53.3 Å².